The molecule has 4 rings (SSSR count). The van der Waals surface area contributed by atoms with Crippen LogP contribution in [-0.4, -0.2) is 6.66 Å². The van der Waals surface area contributed by atoms with Crippen molar-refractivity contribution >= 4 is 50.4 Å². The summed E-state index contributed by atoms with van der Waals surface area (Å²) in [6.07, 6.45) is 0. The van der Waals surface area contributed by atoms with E-state index in [2.05, 4.69) is 114 Å². The van der Waals surface area contributed by atoms with Gasteiger partial charge in [-0.25, -0.2) is 0 Å². The Morgan fingerprint density at radius 1 is 0.577 bits per heavy atom. The van der Waals surface area contributed by atoms with Crippen molar-refractivity contribution < 1.29 is 0 Å². The second kappa shape index (κ2) is 9.28. The van der Waals surface area contributed by atoms with E-state index in [1.807, 2.05) is 17.5 Å². The maximum atomic E-state index is 3.30. The number of rotatable bonds is 3. The normalized spacial score (nSPS) is 11.3. The van der Waals surface area contributed by atoms with Crippen LogP contribution < -0.4 is 15.9 Å². The summed E-state index contributed by atoms with van der Waals surface area (Å²) in [4.78, 5) is 0. The zero-order valence-electron chi connectivity index (χ0n) is 14.7. The molecule has 0 radical (unpaired) electrons. The molecule has 0 spiro atoms. The average molecular weight is 441 g/mol. The Morgan fingerprint density at radius 2 is 0.962 bits per heavy atom. The van der Waals surface area contributed by atoms with Gasteiger partial charge in [-0.05, 0) is 27.4 Å². The van der Waals surface area contributed by atoms with E-state index in [4.69, 9.17) is 0 Å². The van der Waals surface area contributed by atoms with Gasteiger partial charge in [-0.3, -0.25) is 0 Å². The summed E-state index contributed by atoms with van der Waals surface area (Å²) in [6.45, 7) is 2.44. The summed E-state index contributed by atoms with van der Waals surface area (Å²) >= 11 is 4.99. The molecular weight excluding hydrogens is 419 g/mol. The molecule has 1 aromatic heterocycles. The van der Waals surface area contributed by atoms with E-state index in [-0.39, 0.29) is 0 Å². The summed E-state index contributed by atoms with van der Waals surface area (Å²) in [6, 6.07) is 36.8. The van der Waals surface area contributed by atoms with E-state index < -0.39 is 7.26 Å². The third-order valence-electron chi connectivity index (χ3n) is 4.54. The van der Waals surface area contributed by atoms with Gasteiger partial charge in [0.15, 0.2) is 0 Å². The Balaban J connectivity index is 0.000000278. The molecule has 26 heavy (non-hydrogen) atoms. The van der Waals surface area contributed by atoms with Crippen molar-refractivity contribution in [3.63, 3.8) is 0 Å². The molecule has 0 aliphatic rings. The summed E-state index contributed by atoms with van der Waals surface area (Å²) in [5.41, 5.74) is 0. The molecule has 0 aliphatic heterocycles. The Bertz CT molecular complexity index is 794. The first-order valence-corrected chi connectivity index (χ1v) is 12.7. The second-order valence-electron chi connectivity index (χ2n) is 6.14. The first-order chi connectivity index (χ1) is 12.7. The molecule has 0 N–H and O–H groups in total. The Kier molecular flexibility index (Phi) is 6.80. The molecule has 0 saturated carbocycles. The summed E-state index contributed by atoms with van der Waals surface area (Å²) in [7, 11) is -1.88. The van der Waals surface area contributed by atoms with E-state index >= 15 is 0 Å². The first-order valence-electron chi connectivity index (χ1n) is 8.57. The number of benzene rings is 3. The molecule has 0 bridgehead atoms. The summed E-state index contributed by atoms with van der Waals surface area (Å²) in [5.74, 6) is 0. The molecule has 0 unspecified atom stereocenters. The van der Waals surface area contributed by atoms with Gasteiger partial charge in [-0.2, -0.15) is 0 Å². The molecule has 0 atom stereocenters. The second-order valence-corrected chi connectivity index (χ2v) is 12.4. The molecule has 0 nitrogen and oxygen atoms in total. The fourth-order valence-electron chi connectivity index (χ4n) is 3.07. The van der Waals surface area contributed by atoms with Crippen molar-refractivity contribution in [3.8, 4) is 0 Å². The molecule has 3 aromatic carbocycles. The Morgan fingerprint density at radius 3 is 1.19 bits per heavy atom. The van der Waals surface area contributed by atoms with Crippen molar-refractivity contribution in [2.45, 2.75) is 0 Å². The van der Waals surface area contributed by atoms with E-state index in [0.29, 0.717) is 0 Å². The standard InChI is InChI=1S/C19H19P.C4H3BrS/c1-20(17-11-5-2-6-12-17,18-13-7-3-8-14-18)19-15-9-4-10-16-19;5-4-2-1-3-6-4/h2-16,20H,1H3;1-3H. The maximum absolute atomic E-state index is 3.30. The summed E-state index contributed by atoms with van der Waals surface area (Å²) < 4.78 is 1.20. The van der Waals surface area contributed by atoms with Gasteiger partial charge < -0.3 is 0 Å². The van der Waals surface area contributed by atoms with Gasteiger partial charge in [-0.15, -0.1) is 11.3 Å². The van der Waals surface area contributed by atoms with Gasteiger partial charge in [0.1, 0.15) is 0 Å². The monoisotopic (exact) mass is 440 g/mol. The van der Waals surface area contributed by atoms with Gasteiger partial charge in [0.2, 0.25) is 0 Å². The number of hydrogen-bond donors (Lipinski definition) is 0. The third-order valence-corrected chi connectivity index (χ3v) is 10.5. The predicted octanol–water partition coefficient (Wildman–Crippen LogP) is 5.85. The van der Waals surface area contributed by atoms with Gasteiger partial charge in [0.25, 0.3) is 0 Å². The molecule has 3 heteroatoms. The fourth-order valence-corrected chi connectivity index (χ4v) is 7.57. The van der Waals surface area contributed by atoms with Crippen LogP contribution in [0.25, 0.3) is 0 Å². The minimum atomic E-state index is -1.88. The van der Waals surface area contributed by atoms with Crippen LogP contribution in [0.15, 0.2) is 112 Å². The van der Waals surface area contributed by atoms with Gasteiger partial charge in [0, 0.05) is 0 Å². The van der Waals surface area contributed by atoms with Crippen LogP contribution in [0, 0.1) is 0 Å². The van der Waals surface area contributed by atoms with Crippen LogP contribution in [0.4, 0.5) is 0 Å². The van der Waals surface area contributed by atoms with E-state index in [9.17, 15) is 0 Å². The molecule has 0 aliphatic carbocycles. The van der Waals surface area contributed by atoms with Crippen LogP contribution in [0.2, 0.25) is 0 Å². The van der Waals surface area contributed by atoms with Gasteiger partial charge >= 0.3 is 121 Å². The van der Waals surface area contributed by atoms with Crippen LogP contribution in [-0.2, 0) is 0 Å². The minimum absolute atomic E-state index is 1.20. The van der Waals surface area contributed by atoms with Crippen LogP contribution >= 0.6 is 34.5 Å². The van der Waals surface area contributed by atoms with Gasteiger partial charge in [0.05, 0.1) is 3.79 Å². The van der Waals surface area contributed by atoms with Crippen molar-refractivity contribution in [2.24, 2.45) is 0 Å². The van der Waals surface area contributed by atoms with Crippen molar-refractivity contribution in [1.82, 2.24) is 0 Å². The zero-order valence-corrected chi connectivity index (χ0v) is 18.1. The van der Waals surface area contributed by atoms with E-state index in [1.165, 1.54) is 19.7 Å². The Labute approximate surface area is 169 Å². The SMILES string of the molecule is Brc1cccs1.C[PH](c1ccccc1)(c1ccccc1)c1ccccc1. The van der Waals surface area contributed by atoms with Crippen LogP contribution in [0.1, 0.15) is 0 Å². The number of thiophene rings is 1. The van der Waals surface area contributed by atoms with Crippen molar-refractivity contribution in [3.05, 3.63) is 112 Å². The van der Waals surface area contributed by atoms with Gasteiger partial charge in [-0.1, -0.05) is 6.07 Å². The third kappa shape index (κ3) is 4.51. The average Bonchev–Trinajstić information content (AvgIpc) is 3.21. The molecule has 0 fully saturated rings. The van der Waals surface area contributed by atoms with E-state index in [0.717, 1.165) is 0 Å². The molecular formula is C23H22BrPS. The quantitative estimate of drug-likeness (QED) is 0.350. The number of halogens is 1. The van der Waals surface area contributed by atoms with Crippen LogP contribution in [0.5, 0.6) is 0 Å². The fraction of sp³-hybridized carbons (Fsp3) is 0.0435. The van der Waals surface area contributed by atoms with Crippen molar-refractivity contribution in [1.29, 1.82) is 0 Å². The molecule has 1 heterocycles. The predicted molar refractivity (Wildman–Crippen MR) is 124 cm³/mol. The van der Waals surface area contributed by atoms with Crippen molar-refractivity contribution in [2.75, 3.05) is 6.66 Å². The molecule has 4 aromatic rings. The molecule has 0 amide bonds. The zero-order chi connectivity index (χ0) is 18.2. The first kappa shape index (κ1) is 19.0. The number of hydrogen-bond acceptors (Lipinski definition) is 1. The van der Waals surface area contributed by atoms with Crippen LogP contribution in [0.3, 0.4) is 0 Å². The summed E-state index contributed by atoms with van der Waals surface area (Å²) in [5, 5.41) is 6.40. The van der Waals surface area contributed by atoms with E-state index in [1.54, 1.807) is 11.3 Å². The molecule has 132 valence electrons. The Hall–Kier alpha value is -1.73. The topological polar surface area (TPSA) is 0 Å². The molecule has 0 saturated heterocycles.